The molecule has 0 aliphatic carbocycles. The molecule has 138 valence electrons. The van der Waals surface area contributed by atoms with E-state index in [1.54, 1.807) is 12.1 Å². The molecule has 0 atom stereocenters. The van der Waals surface area contributed by atoms with Crippen molar-refractivity contribution < 1.29 is 31.6 Å². The molecule has 0 spiro atoms. The second-order valence-electron chi connectivity index (χ2n) is 6.90. The largest absolute Gasteiger partial charge is 0.525 e. The molecule has 1 aliphatic heterocycles. The summed E-state index contributed by atoms with van der Waals surface area (Å²) in [5.41, 5.74) is -1.50. The molecule has 25 heavy (non-hydrogen) atoms. The molecule has 0 unspecified atom stereocenters. The van der Waals surface area contributed by atoms with Crippen LogP contribution in [0.25, 0.3) is 6.08 Å². The number of halogens is 4. The lowest BCUT2D eigenvalue weighted by Gasteiger charge is -2.32. The van der Waals surface area contributed by atoms with Gasteiger partial charge in [-0.3, -0.25) is 0 Å². The third-order valence-corrected chi connectivity index (χ3v) is 4.30. The SMILES string of the molecule is CC1(C)OB(C(F)=Cc2cccc(OCCC(F)(F)F)c2)OC1(C)C. The van der Waals surface area contributed by atoms with Crippen LogP contribution < -0.4 is 4.74 Å². The van der Waals surface area contributed by atoms with Crippen molar-refractivity contribution in [3.05, 3.63) is 35.6 Å². The first-order valence-corrected chi connectivity index (χ1v) is 7.92. The van der Waals surface area contributed by atoms with E-state index in [1.807, 2.05) is 27.7 Å². The molecule has 1 aromatic carbocycles. The molecule has 2 rings (SSSR count). The van der Waals surface area contributed by atoms with Crippen molar-refractivity contribution in [1.82, 2.24) is 0 Å². The second-order valence-corrected chi connectivity index (χ2v) is 6.90. The number of hydrogen-bond acceptors (Lipinski definition) is 3. The highest BCUT2D eigenvalue weighted by Gasteiger charge is 2.53. The predicted molar refractivity (Wildman–Crippen MR) is 87.8 cm³/mol. The van der Waals surface area contributed by atoms with E-state index in [2.05, 4.69) is 0 Å². The zero-order valence-corrected chi connectivity index (χ0v) is 14.6. The van der Waals surface area contributed by atoms with Crippen LogP contribution in [0.5, 0.6) is 5.75 Å². The van der Waals surface area contributed by atoms with E-state index < -0.39 is 43.3 Å². The normalized spacial score (nSPS) is 20.0. The van der Waals surface area contributed by atoms with E-state index in [4.69, 9.17) is 14.0 Å². The predicted octanol–water partition coefficient (Wildman–Crippen LogP) is 4.96. The van der Waals surface area contributed by atoms with Crippen molar-refractivity contribution in [2.24, 2.45) is 0 Å². The quantitative estimate of drug-likeness (QED) is 0.549. The van der Waals surface area contributed by atoms with E-state index in [1.165, 1.54) is 18.2 Å². The van der Waals surface area contributed by atoms with Crippen molar-refractivity contribution in [3.63, 3.8) is 0 Å². The monoisotopic (exact) mass is 360 g/mol. The Kier molecular flexibility index (Phi) is 5.54. The van der Waals surface area contributed by atoms with E-state index in [-0.39, 0.29) is 5.75 Å². The Morgan fingerprint density at radius 3 is 2.32 bits per heavy atom. The van der Waals surface area contributed by atoms with Crippen LogP contribution in [0.2, 0.25) is 0 Å². The lowest BCUT2D eigenvalue weighted by Crippen LogP contribution is -2.41. The fourth-order valence-corrected chi connectivity index (χ4v) is 2.16. The summed E-state index contributed by atoms with van der Waals surface area (Å²) < 4.78 is 67.1. The number of rotatable bonds is 5. The van der Waals surface area contributed by atoms with E-state index in [0.717, 1.165) is 0 Å². The molecule has 0 aromatic heterocycles. The van der Waals surface area contributed by atoms with Crippen LogP contribution in [-0.2, 0) is 9.31 Å². The first kappa shape index (κ1) is 19.8. The highest BCUT2D eigenvalue weighted by Crippen LogP contribution is 2.39. The highest BCUT2D eigenvalue weighted by molar-refractivity contribution is 6.54. The van der Waals surface area contributed by atoms with Gasteiger partial charge in [-0.2, -0.15) is 13.2 Å². The van der Waals surface area contributed by atoms with Gasteiger partial charge in [0.2, 0.25) is 0 Å². The molecular weight excluding hydrogens is 339 g/mol. The van der Waals surface area contributed by atoms with Gasteiger partial charge in [-0.15, -0.1) is 0 Å². The Labute approximate surface area is 145 Å². The summed E-state index contributed by atoms with van der Waals surface area (Å²) in [5.74, 6) is 0.236. The number of alkyl halides is 3. The van der Waals surface area contributed by atoms with Crippen LogP contribution in [0.15, 0.2) is 30.0 Å². The minimum atomic E-state index is -4.28. The van der Waals surface area contributed by atoms with E-state index in [9.17, 15) is 17.6 Å². The summed E-state index contributed by atoms with van der Waals surface area (Å²) in [6, 6.07) is 6.16. The maximum Gasteiger partial charge on any atom is 0.525 e. The molecule has 0 radical (unpaired) electrons. The van der Waals surface area contributed by atoms with E-state index in [0.29, 0.717) is 5.56 Å². The summed E-state index contributed by atoms with van der Waals surface area (Å²) in [6.45, 7) is 6.77. The summed E-state index contributed by atoms with van der Waals surface area (Å²) in [5, 5.41) is 0. The Bertz CT molecular complexity index is 625. The number of hydrogen-bond donors (Lipinski definition) is 0. The van der Waals surface area contributed by atoms with Gasteiger partial charge in [-0.1, -0.05) is 12.1 Å². The maximum absolute atomic E-state index is 14.4. The van der Waals surface area contributed by atoms with Gasteiger partial charge >= 0.3 is 13.3 Å². The molecule has 0 saturated carbocycles. The average molecular weight is 360 g/mol. The summed E-state index contributed by atoms with van der Waals surface area (Å²) in [6.07, 6.45) is -4.10. The Hall–Kier alpha value is -1.54. The van der Waals surface area contributed by atoms with Crippen molar-refractivity contribution in [1.29, 1.82) is 0 Å². The van der Waals surface area contributed by atoms with Crippen LogP contribution in [0.3, 0.4) is 0 Å². The smallest absolute Gasteiger partial charge is 0.493 e. The molecule has 1 aromatic rings. The van der Waals surface area contributed by atoms with Crippen LogP contribution in [0.4, 0.5) is 17.6 Å². The molecule has 3 nitrogen and oxygen atoms in total. The minimum Gasteiger partial charge on any atom is -0.493 e. The van der Waals surface area contributed by atoms with Gasteiger partial charge in [-0.05, 0) is 51.5 Å². The summed E-state index contributed by atoms with van der Waals surface area (Å²) in [4.78, 5) is 0. The van der Waals surface area contributed by atoms with Crippen molar-refractivity contribution >= 4 is 13.2 Å². The number of benzene rings is 1. The average Bonchev–Trinajstić information content (AvgIpc) is 2.66. The molecule has 1 aliphatic rings. The molecule has 1 saturated heterocycles. The van der Waals surface area contributed by atoms with Crippen LogP contribution in [-0.4, -0.2) is 31.1 Å². The Morgan fingerprint density at radius 1 is 1.16 bits per heavy atom. The van der Waals surface area contributed by atoms with Gasteiger partial charge in [0.05, 0.1) is 24.2 Å². The standard InChI is InChI=1S/C17H21BF4O3/c1-15(2)16(3,4)25-18(24-15)14(19)11-12-6-5-7-13(10-12)23-9-8-17(20,21)22/h5-7,10-11H,8-9H2,1-4H3. The van der Waals surface area contributed by atoms with E-state index >= 15 is 0 Å². The topological polar surface area (TPSA) is 27.7 Å². The molecule has 0 bridgehead atoms. The van der Waals surface area contributed by atoms with Crippen LogP contribution in [0.1, 0.15) is 39.7 Å². The molecule has 1 heterocycles. The van der Waals surface area contributed by atoms with Crippen LogP contribution in [0, 0.1) is 0 Å². The van der Waals surface area contributed by atoms with Crippen molar-refractivity contribution in [2.75, 3.05) is 6.61 Å². The van der Waals surface area contributed by atoms with Gasteiger partial charge in [0.1, 0.15) is 11.5 Å². The van der Waals surface area contributed by atoms with Gasteiger partial charge in [-0.25, -0.2) is 4.39 Å². The first-order valence-electron chi connectivity index (χ1n) is 7.92. The Balaban J connectivity index is 2.04. The van der Waals surface area contributed by atoms with Gasteiger partial charge in [0, 0.05) is 0 Å². The Morgan fingerprint density at radius 2 is 1.76 bits per heavy atom. The fraction of sp³-hybridized carbons (Fsp3) is 0.529. The zero-order chi connectivity index (χ0) is 18.9. The molecule has 8 heteroatoms. The lowest BCUT2D eigenvalue weighted by atomic mass is 9.87. The maximum atomic E-state index is 14.4. The molecule has 1 fully saturated rings. The molecular formula is C17H21BF4O3. The highest BCUT2D eigenvalue weighted by atomic mass is 19.4. The van der Waals surface area contributed by atoms with Crippen LogP contribution >= 0.6 is 0 Å². The van der Waals surface area contributed by atoms with Gasteiger partial charge in [0.15, 0.2) is 0 Å². The number of ether oxygens (including phenoxy) is 1. The third kappa shape index (κ3) is 5.22. The zero-order valence-electron chi connectivity index (χ0n) is 14.6. The summed E-state index contributed by atoms with van der Waals surface area (Å²) >= 11 is 0. The lowest BCUT2D eigenvalue weighted by molar-refractivity contribution is -0.139. The molecule has 0 amide bonds. The molecule has 0 N–H and O–H groups in total. The van der Waals surface area contributed by atoms with Gasteiger partial charge in [0.25, 0.3) is 0 Å². The van der Waals surface area contributed by atoms with Crippen molar-refractivity contribution in [3.8, 4) is 5.75 Å². The third-order valence-electron chi connectivity index (χ3n) is 4.30. The van der Waals surface area contributed by atoms with Crippen molar-refractivity contribution in [2.45, 2.75) is 51.5 Å². The minimum absolute atomic E-state index is 0.236. The second kappa shape index (κ2) is 7.00. The fourth-order valence-electron chi connectivity index (χ4n) is 2.16. The van der Waals surface area contributed by atoms with Gasteiger partial charge < -0.3 is 14.0 Å². The first-order chi connectivity index (χ1) is 11.4. The summed E-state index contributed by atoms with van der Waals surface area (Å²) in [7, 11) is -1.13.